The fraction of sp³-hybridized carbons (Fsp3) is 0.226. The first-order valence-electron chi connectivity index (χ1n) is 12.8. The molecule has 1 fully saturated rings. The van der Waals surface area contributed by atoms with Gasteiger partial charge in [-0.05, 0) is 66.8 Å². The molecule has 2 heterocycles. The number of rotatable bonds is 7. The van der Waals surface area contributed by atoms with E-state index in [4.69, 9.17) is 0 Å². The average Bonchev–Trinajstić information content (AvgIpc) is 3.65. The molecule has 1 unspecified atom stereocenters. The van der Waals surface area contributed by atoms with E-state index in [1.54, 1.807) is 21.9 Å². The Bertz CT molecular complexity index is 1430. The highest BCUT2D eigenvalue weighted by Crippen LogP contribution is 2.42. The van der Waals surface area contributed by atoms with Crippen LogP contribution in [0.4, 0.5) is 10.1 Å². The number of para-hydroxylation sites is 2. The lowest BCUT2D eigenvalue weighted by molar-refractivity contribution is -0.136. The Kier molecular flexibility index (Phi) is 6.08. The van der Waals surface area contributed by atoms with Crippen molar-refractivity contribution in [2.24, 2.45) is 0 Å². The molecule has 0 bridgehead atoms. The average molecular weight is 494 g/mol. The van der Waals surface area contributed by atoms with Gasteiger partial charge in [0.1, 0.15) is 18.4 Å². The second-order valence-corrected chi connectivity index (χ2v) is 9.75. The number of halogens is 1. The van der Waals surface area contributed by atoms with Crippen LogP contribution >= 0.6 is 0 Å². The molecule has 1 aromatic heterocycles. The summed E-state index contributed by atoms with van der Waals surface area (Å²) in [5.74, 6) is -0.460. The van der Waals surface area contributed by atoms with E-state index in [2.05, 4.69) is 4.57 Å². The number of nitrogens with zero attached hydrogens (tertiary/aromatic N) is 3. The molecular formula is C31H28FN3O2. The molecule has 1 atom stereocenters. The molecule has 1 saturated carbocycles. The molecule has 6 rings (SSSR count). The maximum absolute atomic E-state index is 14.1. The normalized spacial score (nSPS) is 16.1. The molecule has 0 saturated heterocycles. The van der Waals surface area contributed by atoms with E-state index in [0.717, 1.165) is 41.0 Å². The maximum Gasteiger partial charge on any atom is 0.247 e. The first kappa shape index (κ1) is 23.2. The number of amides is 2. The van der Waals surface area contributed by atoms with Crippen LogP contribution in [0.5, 0.6) is 0 Å². The number of anilines is 1. The lowest BCUT2D eigenvalue weighted by atomic mass is 9.97. The highest BCUT2D eigenvalue weighted by Gasteiger charge is 2.39. The second-order valence-electron chi connectivity index (χ2n) is 9.75. The third-order valence-electron chi connectivity index (χ3n) is 7.26. The highest BCUT2D eigenvalue weighted by atomic mass is 19.1. The van der Waals surface area contributed by atoms with Gasteiger partial charge in [-0.2, -0.15) is 0 Å². The van der Waals surface area contributed by atoms with Gasteiger partial charge in [0.25, 0.3) is 0 Å². The van der Waals surface area contributed by atoms with Crippen LogP contribution in [0.15, 0.2) is 97.2 Å². The molecular weight excluding hydrogens is 465 g/mol. The van der Waals surface area contributed by atoms with Gasteiger partial charge in [0, 0.05) is 18.7 Å². The monoisotopic (exact) mass is 493 g/mol. The summed E-state index contributed by atoms with van der Waals surface area (Å²) in [7, 11) is 0. The van der Waals surface area contributed by atoms with Crippen molar-refractivity contribution in [3.8, 4) is 5.69 Å². The van der Waals surface area contributed by atoms with Crippen LogP contribution in [0, 0.1) is 5.82 Å². The maximum atomic E-state index is 14.1. The topological polar surface area (TPSA) is 45.6 Å². The summed E-state index contributed by atoms with van der Waals surface area (Å²) in [5, 5.41) is 0. The van der Waals surface area contributed by atoms with E-state index in [0.29, 0.717) is 12.8 Å². The van der Waals surface area contributed by atoms with Gasteiger partial charge < -0.3 is 9.47 Å². The predicted octanol–water partition coefficient (Wildman–Crippen LogP) is 5.68. The molecule has 0 spiro atoms. The zero-order valence-electron chi connectivity index (χ0n) is 20.5. The van der Waals surface area contributed by atoms with E-state index in [1.165, 1.54) is 12.1 Å². The SMILES string of the molecule is O=C(CCc1ccccc1)N(CC(=O)N1c2ccccc2-n2cccc2C1c1ccc(F)cc1)C1CC1. The Morgan fingerprint density at radius 1 is 0.838 bits per heavy atom. The van der Waals surface area contributed by atoms with Crippen molar-refractivity contribution in [3.63, 3.8) is 0 Å². The largest absolute Gasteiger partial charge is 0.330 e. The van der Waals surface area contributed by atoms with Crippen LogP contribution in [0.3, 0.4) is 0 Å². The summed E-state index contributed by atoms with van der Waals surface area (Å²) in [5.41, 5.74) is 4.53. The van der Waals surface area contributed by atoms with E-state index < -0.39 is 6.04 Å². The van der Waals surface area contributed by atoms with Gasteiger partial charge in [0.2, 0.25) is 11.8 Å². The summed E-state index contributed by atoms with van der Waals surface area (Å²) >= 11 is 0. The number of aryl methyl sites for hydroxylation is 1. The van der Waals surface area contributed by atoms with Crippen molar-refractivity contribution in [1.82, 2.24) is 9.47 Å². The molecule has 0 radical (unpaired) electrons. The molecule has 1 aliphatic heterocycles. The van der Waals surface area contributed by atoms with Gasteiger partial charge >= 0.3 is 0 Å². The summed E-state index contributed by atoms with van der Waals surface area (Å²) < 4.78 is 15.9. The summed E-state index contributed by atoms with van der Waals surface area (Å²) in [4.78, 5) is 31.0. The van der Waals surface area contributed by atoms with Crippen molar-refractivity contribution in [3.05, 3.63) is 120 Å². The molecule has 1 aliphatic carbocycles. The zero-order valence-corrected chi connectivity index (χ0v) is 20.5. The Hall–Kier alpha value is -4.19. The lowest BCUT2D eigenvalue weighted by Crippen LogP contribution is -2.47. The molecule has 4 aromatic rings. The fourth-order valence-corrected chi connectivity index (χ4v) is 5.29. The first-order valence-corrected chi connectivity index (χ1v) is 12.8. The Balaban J connectivity index is 1.32. The number of fused-ring (bicyclic) bond motifs is 3. The van der Waals surface area contributed by atoms with Gasteiger partial charge in [0.15, 0.2) is 0 Å². The summed E-state index contributed by atoms with van der Waals surface area (Å²) in [6.45, 7) is 0.0189. The Morgan fingerprint density at radius 3 is 2.27 bits per heavy atom. The minimum absolute atomic E-state index is 0.00621. The van der Waals surface area contributed by atoms with Crippen LogP contribution in [0.2, 0.25) is 0 Å². The van der Waals surface area contributed by atoms with Crippen molar-refractivity contribution in [2.45, 2.75) is 37.8 Å². The highest BCUT2D eigenvalue weighted by molar-refractivity contribution is 6.00. The zero-order chi connectivity index (χ0) is 25.4. The summed E-state index contributed by atoms with van der Waals surface area (Å²) in [6.07, 6.45) is 4.84. The minimum Gasteiger partial charge on any atom is -0.330 e. The smallest absolute Gasteiger partial charge is 0.247 e. The number of benzene rings is 3. The first-order chi connectivity index (χ1) is 18.1. The van der Waals surface area contributed by atoms with E-state index in [-0.39, 0.29) is 30.2 Å². The lowest BCUT2D eigenvalue weighted by Gasteiger charge is -2.39. The Morgan fingerprint density at radius 2 is 1.54 bits per heavy atom. The van der Waals surface area contributed by atoms with E-state index in [1.807, 2.05) is 72.9 Å². The molecule has 5 nitrogen and oxygen atoms in total. The summed E-state index contributed by atoms with van der Waals surface area (Å²) in [6, 6.07) is 27.7. The van der Waals surface area contributed by atoms with Crippen LogP contribution in [-0.4, -0.2) is 33.9 Å². The second kappa shape index (κ2) is 9.69. The standard InChI is InChI=1S/C31H28FN3O2/c32-24-15-13-23(14-16-24)31-28-11-6-20-33(28)26-9-4-5-10-27(26)35(31)30(37)21-34(25-17-18-25)29(36)19-12-22-7-2-1-3-8-22/h1-11,13-16,20,25,31H,12,17-19,21H2. The number of carbonyl (C=O) groups excluding carboxylic acids is 2. The minimum atomic E-state index is -0.432. The third kappa shape index (κ3) is 4.55. The van der Waals surface area contributed by atoms with Crippen molar-refractivity contribution >= 4 is 17.5 Å². The number of hydrogen-bond donors (Lipinski definition) is 0. The van der Waals surface area contributed by atoms with Crippen LogP contribution in [-0.2, 0) is 16.0 Å². The molecule has 6 heteroatoms. The Labute approximate surface area is 215 Å². The number of aromatic nitrogens is 1. The number of hydrogen-bond acceptors (Lipinski definition) is 2. The van der Waals surface area contributed by atoms with Crippen LogP contribution in [0.1, 0.15) is 42.1 Å². The molecule has 186 valence electrons. The predicted molar refractivity (Wildman–Crippen MR) is 141 cm³/mol. The van der Waals surface area contributed by atoms with Gasteiger partial charge in [0.05, 0.1) is 17.1 Å². The molecule has 2 aliphatic rings. The van der Waals surface area contributed by atoms with Gasteiger partial charge in [-0.25, -0.2) is 4.39 Å². The fourth-order valence-electron chi connectivity index (χ4n) is 5.29. The van der Waals surface area contributed by atoms with E-state index >= 15 is 0 Å². The van der Waals surface area contributed by atoms with Crippen molar-refractivity contribution < 1.29 is 14.0 Å². The molecule has 37 heavy (non-hydrogen) atoms. The van der Waals surface area contributed by atoms with Gasteiger partial charge in [-0.15, -0.1) is 0 Å². The van der Waals surface area contributed by atoms with E-state index in [9.17, 15) is 14.0 Å². The van der Waals surface area contributed by atoms with Crippen molar-refractivity contribution in [1.29, 1.82) is 0 Å². The van der Waals surface area contributed by atoms with Crippen LogP contribution in [0.25, 0.3) is 5.69 Å². The third-order valence-corrected chi connectivity index (χ3v) is 7.26. The quantitative estimate of drug-likeness (QED) is 0.333. The van der Waals surface area contributed by atoms with Gasteiger partial charge in [-0.1, -0.05) is 54.6 Å². The van der Waals surface area contributed by atoms with Gasteiger partial charge in [-0.3, -0.25) is 14.5 Å². The molecule has 0 N–H and O–H groups in total. The number of carbonyl (C=O) groups is 2. The molecule has 3 aromatic carbocycles. The molecule has 2 amide bonds. The van der Waals surface area contributed by atoms with Crippen molar-refractivity contribution in [2.75, 3.05) is 11.4 Å². The van der Waals surface area contributed by atoms with Crippen LogP contribution < -0.4 is 4.90 Å².